The molecule has 2 heterocycles. The predicted molar refractivity (Wildman–Crippen MR) is 99.3 cm³/mol. The predicted octanol–water partition coefficient (Wildman–Crippen LogP) is 3.34. The van der Waals surface area contributed by atoms with E-state index in [1.807, 2.05) is 6.07 Å². The molecule has 130 valence electrons. The molecule has 1 atom stereocenters. The van der Waals surface area contributed by atoms with Crippen molar-refractivity contribution in [3.63, 3.8) is 0 Å². The number of nitrogens with zero attached hydrogens (tertiary/aromatic N) is 2. The molecule has 0 radical (unpaired) electrons. The Morgan fingerprint density at radius 2 is 1.92 bits per heavy atom. The maximum absolute atomic E-state index is 12.7. The summed E-state index contributed by atoms with van der Waals surface area (Å²) in [5.41, 5.74) is 1.31. The summed E-state index contributed by atoms with van der Waals surface area (Å²) >= 11 is 7.00. The topological polar surface area (TPSA) is 40.6 Å². The largest absolute Gasteiger partial charge is 0.298 e. The van der Waals surface area contributed by atoms with Gasteiger partial charge < -0.3 is 0 Å². The second-order valence-corrected chi connectivity index (χ2v) is 9.92. The summed E-state index contributed by atoms with van der Waals surface area (Å²) in [7, 11) is -3.42. The first-order valence-electron chi connectivity index (χ1n) is 8.00. The summed E-state index contributed by atoms with van der Waals surface area (Å²) in [6.45, 7) is 4.84. The molecule has 1 fully saturated rings. The average Bonchev–Trinajstić information content (AvgIpc) is 3.02. The van der Waals surface area contributed by atoms with E-state index in [1.54, 1.807) is 16.4 Å². The number of hydrogen-bond donors (Lipinski definition) is 0. The van der Waals surface area contributed by atoms with Gasteiger partial charge in [-0.1, -0.05) is 41.9 Å². The normalized spacial score (nSPS) is 20.3. The van der Waals surface area contributed by atoms with Gasteiger partial charge in [0.2, 0.25) is 0 Å². The standard InChI is InChI=1S/C17H21ClN2O2S2/c1-14-13-20(24(21,22)17-8-7-16(18)23-17)12-11-19(14)10-9-15-5-3-2-4-6-15/h2-8,14H,9-13H2,1H3. The summed E-state index contributed by atoms with van der Waals surface area (Å²) < 4.78 is 27.8. The van der Waals surface area contributed by atoms with Crippen molar-refractivity contribution < 1.29 is 8.42 Å². The van der Waals surface area contributed by atoms with Crippen LogP contribution < -0.4 is 0 Å². The minimum absolute atomic E-state index is 0.202. The van der Waals surface area contributed by atoms with Gasteiger partial charge in [0.15, 0.2) is 0 Å². The third-order valence-corrected chi connectivity index (χ3v) is 7.96. The average molecular weight is 385 g/mol. The molecular formula is C17H21ClN2O2S2. The summed E-state index contributed by atoms with van der Waals surface area (Å²) in [4.78, 5) is 2.36. The van der Waals surface area contributed by atoms with Gasteiger partial charge in [0.1, 0.15) is 4.21 Å². The van der Waals surface area contributed by atoms with Crippen LogP contribution >= 0.6 is 22.9 Å². The number of halogens is 1. The van der Waals surface area contributed by atoms with E-state index in [-0.39, 0.29) is 6.04 Å². The van der Waals surface area contributed by atoms with E-state index in [1.165, 1.54) is 5.56 Å². The molecule has 0 N–H and O–H groups in total. The minimum Gasteiger partial charge on any atom is -0.298 e. The lowest BCUT2D eigenvalue weighted by molar-refractivity contribution is 0.130. The van der Waals surface area contributed by atoms with Crippen molar-refractivity contribution in [2.24, 2.45) is 0 Å². The molecule has 7 heteroatoms. The van der Waals surface area contributed by atoms with Crippen molar-refractivity contribution in [2.75, 3.05) is 26.2 Å². The highest BCUT2D eigenvalue weighted by atomic mass is 35.5. The number of benzene rings is 1. The highest BCUT2D eigenvalue weighted by Crippen LogP contribution is 2.29. The van der Waals surface area contributed by atoms with Crippen molar-refractivity contribution in [1.29, 1.82) is 0 Å². The summed E-state index contributed by atoms with van der Waals surface area (Å²) in [5.74, 6) is 0. The Bertz CT molecular complexity index is 777. The monoisotopic (exact) mass is 384 g/mol. The van der Waals surface area contributed by atoms with E-state index in [0.717, 1.165) is 30.8 Å². The van der Waals surface area contributed by atoms with Crippen LogP contribution in [-0.2, 0) is 16.4 Å². The van der Waals surface area contributed by atoms with Crippen LogP contribution in [0.3, 0.4) is 0 Å². The number of rotatable bonds is 5. The van der Waals surface area contributed by atoms with Crippen molar-refractivity contribution >= 4 is 33.0 Å². The fraction of sp³-hybridized carbons (Fsp3) is 0.412. The number of piperazine rings is 1. The zero-order valence-electron chi connectivity index (χ0n) is 13.6. The Hall–Kier alpha value is -0.920. The molecule has 0 spiro atoms. The van der Waals surface area contributed by atoms with Crippen molar-refractivity contribution in [3.05, 3.63) is 52.4 Å². The van der Waals surface area contributed by atoms with Gasteiger partial charge in [-0.25, -0.2) is 8.42 Å². The molecule has 2 aromatic rings. The van der Waals surface area contributed by atoms with Gasteiger partial charge in [-0.05, 0) is 31.0 Å². The minimum atomic E-state index is -3.42. The van der Waals surface area contributed by atoms with Crippen molar-refractivity contribution in [2.45, 2.75) is 23.6 Å². The second kappa shape index (κ2) is 7.54. The second-order valence-electron chi connectivity index (χ2n) is 6.04. The zero-order chi connectivity index (χ0) is 17.2. The Kier molecular flexibility index (Phi) is 5.62. The lowest BCUT2D eigenvalue weighted by Gasteiger charge is -2.39. The van der Waals surface area contributed by atoms with E-state index in [2.05, 4.69) is 36.1 Å². The number of hydrogen-bond acceptors (Lipinski definition) is 4. The lowest BCUT2D eigenvalue weighted by atomic mass is 10.1. The molecule has 24 heavy (non-hydrogen) atoms. The Morgan fingerprint density at radius 1 is 1.17 bits per heavy atom. The lowest BCUT2D eigenvalue weighted by Crippen LogP contribution is -2.53. The molecule has 0 amide bonds. The number of thiophene rings is 1. The fourth-order valence-electron chi connectivity index (χ4n) is 2.99. The smallest absolute Gasteiger partial charge is 0.252 e. The van der Waals surface area contributed by atoms with Gasteiger partial charge in [-0.15, -0.1) is 11.3 Å². The molecule has 1 saturated heterocycles. The van der Waals surface area contributed by atoms with Crippen LogP contribution in [0.2, 0.25) is 4.34 Å². The summed E-state index contributed by atoms with van der Waals surface area (Å²) in [6.07, 6.45) is 0.985. The molecular weight excluding hydrogens is 364 g/mol. The van der Waals surface area contributed by atoms with Crippen LogP contribution in [0.15, 0.2) is 46.7 Å². The van der Waals surface area contributed by atoms with Crippen molar-refractivity contribution in [1.82, 2.24) is 9.21 Å². The van der Waals surface area contributed by atoms with Gasteiger partial charge in [-0.2, -0.15) is 4.31 Å². The van der Waals surface area contributed by atoms with Gasteiger partial charge >= 0.3 is 0 Å². The molecule has 1 aliphatic heterocycles. The molecule has 0 bridgehead atoms. The molecule has 3 rings (SSSR count). The third-order valence-electron chi connectivity index (χ3n) is 4.40. The van der Waals surface area contributed by atoms with E-state index < -0.39 is 10.0 Å². The van der Waals surface area contributed by atoms with Crippen LogP contribution in [0.4, 0.5) is 0 Å². The SMILES string of the molecule is CC1CN(S(=O)(=O)c2ccc(Cl)s2)CCN1CCc1ccccc1. The van der Waals surface area contributed by atoms with Crippen LogP contribution in [-0.4, -0.2) is 49.8 Å². The molecule has 1 aromatic carbocycles. The maximum atomic E-state index is 12.7. The van der Waals surface area contributed by atoms with E-state index >= 15 is 0 Å². The first kappa shape index (κ1) is 17.9. The first-order valence-corrected chi connectivity index (χ1v) is 10.6. The van der Waals surface area contributed by atoms with Gasteiger partial charge in [0, 0.05) is 32.2 Å². The molecule has 1 aliphatic rings. The van der Waals surface area contributed by atoms with Gasteiger partial charge in [0.05, 0.1) is 4.34 Å². The summed E-state index contributed by atoms with van der Waals surface area (Å²) in [6, 6.07) is 13.8. The molecule has 1 aromatic heterocycles. The molecule has 0 aliphatic carbocycles. The van der Waals surface area contributed by atoms with Gasteiger partial charge in [-0.3, -0.25) is 4.90 Å². The Balaban J connectivity index is 1.61. The van der Waals surface area contributed by atoms with E-state index in [4.69, 9.17) is 11.6 Å². The van der Waals surface area contributed by atoms with E-state index in [0.29, 0.717) is 21.6 Å². The molecule has 1 unspecified atom stereocenters. The van der Waals surface area contributed by atoms with Gasteiger partial charge in [0.25, 0.3) is 10.0 Å². The van der Waals surface area contributed by atoms with Crippen LogP contribution in [0.1, 0.15) is 12.5 Å². The highest BCUT2D eigenvalue weighted by Gasteiger charge is 2.32. The molecule has 4 nitrogen and oxygen atoms in total. The van der Waals surface area contributed by atoms with Crippen molar-refractivity contribution in [3.8, 4) is 0 Å². The molecule has 0 saturated carbocycles. The first-order chi connectivity index (χ1) is 11.5. The third kappa shape index (κ3) is 4.00. The fourth-order valence-corrected chi connectivity index (χ4v) is 6.14. The van der Waals surface area contributed by atoms with Crippen LogP contribution in [0, 0.1) is 0 Å². The highest BCUT2D eigenvalue weighted by molar-refractivity contribution is 7.91. The Labute approximate surface area is 152 Å². The van der Waals surface area contributed by atoms with Crippen LogP contribution in [0.5, 0.6) is 0 Å². The summed E-state index contributed by atoms with van der Waals surface area (Å²) in [5, 5.41) is 0. The van der Waals surface area contributed by atoms with Crippen LogP contribution in [0.25, 0.3) is 0 Å². The Morgan fingerprint density at radius 3 is 2.54 bits per heavy atom. The quantitative estimate of drug-likeness (QED) is 0.793. The van der Waals surface area contributed by atoms with E-state index in [9.17, 15) is 8.42 Å². The maximum Gasteiger partial charge on any atom is 0.252 e. The number of sulfonamides is 1. The zero-order valence-corrected chi connectivity index (χ0v) is 15.9.